The number of ether oxygens (including phenoxy) is 1. The van der Waals surface area contributed by atoms with Gasteiger partial charge in [0, 0.05) is 38.8 Å². The van der Waals surface area contributed by atoms with E-state index in [1.54, 1.807) is 0 Å². The quantitative estimate of drug-likeness (QED) is 0.765. The number of rotatable bonds is 8. The van der Waals surface area contributed by atoms with Crippen LogP contribution in [0.2, 0.25) is 0 Å². The van der Waals surface area contributed by atoms with E-state index in [-0.39, 0.29) is 0 Å². The molecule has 1 atom stereocenters. The van der Waals surface area contributed by atoms with Crippen LogP contribution in [0.3, 0.4) is 0 Å². The average molecular weight is 278 g/mol. The summed E-state index contributed by atoms with van der Waals surface area (Å²) in [7, 11) is 0. The van der Waals surface area contributed by atoms with Gasteiger partial charge in [0.2, 0.25) is 0 Å². The van der Waals surface area contributed by atoms with Gasteiger partial charge in [-0.05, 0) is 25.2 Å². The van der Waals surface area contributed by atoms with Crippen LogP contribution in [0, 0.1) is 5.92 Å². The molecular formula is C15H26N4O. The fraction of sp³-hybridized carbons (Fsp3) is 0.733. The second kappa shape index (κ2) is 8.04. The van der Waals surface area contributed by atoms with E-state index in [1.165, 1.54) is 6.42 Å². The molecular weight excluding hydrogens is 252 g/mol. The van der Waals surface area contributed by atoms with Gasteiger partial charge in [-0.3, -0.25) is 0 Å². The summed E-state index contributed by atoms with van der Waals surface area (Å²) in [6, 6.07) is 2.00. The number of nitrogens with zero attached hydrogens (tertiary/aromatic N) is 2. The Morgan fingerprint density at radius 3 is 2.55 bits per heavy atom. The lowest BCUT2D eigenvalue weighted by molar-refractivity contribution is 0.185. The summed E-state index contributed by atoms with van der Waals surface area (Å²) in [5.41, 5.74) is 0. The first-order valence-corrected chi connectivity index (χ1v) is 7.75. The van der Waals surface area contributed by atoms with Crippen molar-refractivity contribution in [2.24, 2.45) is 5.92 Å². The smallest absolute Gasteiger partial charge is 0.132 e. The van der Waals surface area contributed by atoms with Crippen molar-refractivity contribution in [1.82, 2.24) is 9.97 Å². The minimum Gasteiger partial charge on any atom is -0.381 e. The molecule has 1 aromatic heterocycles. The zero-order chi connectivity index (χ0) is 14.2. The highest BCUT2D eigenvalue weighted by Gasteiger charge is 2.14. The molecule has 112 valence electrons. The van der Waals surface area contributed by atoms with Crippen LogP contribution in [-0.4, -0.2) is 36.3 Å². The van der Waals surface area contributed by atoms with Gasteiger partial charge in [0.15, 0.2) is 0 Å². The van der Waals surface area contributed by atoms with E-state index < -0.39 is 0 Å². The summed E-state index contributed by atoms with van der Waals surface area (Å²) < 4.78 is 5.40. The van der Waals surface area contributed by atoms with Crippen molar-refractivity contribution in [1.29, 1.82) is 0 Å². The highest BCUT2D eigenvalue weighted by atomic mass is 16.5. The molecule has 1 aliphatic rings. The molecule has 0 aromatic carbocycles. The molecule has 0 spiro atoms. The third-order valence-electron chi connectivity index (χ3n) is 3.53. The number of hydrogen-bond acceptors (Lipinski definition) is 5. The molecule has 0 saturated carbocycles. The van der Waals surface area contributed by atoms with Crippen molar-refractivity contribution in [3.8, 4) is 0 Å². The molecule has 1 unspecified atom stereocenters. The molecule has 2 rings (SSSR count). The van der Waals surface area contributed by atoms with Crippen molar-refractivity contribution in [2.45, 2.75) is 39.5 Å². The lowest BCUT2D eigenvalue weighted by Crippen LogP contribution is -2.12. The Hall–Kier alpha value is -1.36. The fourth-order valence-corrected chi connectivity index (χ4v) is 2.30. The average Bonchev–Trinajstić information content (AvgIpc) is 2.98. The Balaban J connectivity index is 1.87. The number of nitrogens with one attached hydrogen (secondary N) is 2. The normalized spacial score (nSPS) is 18.2. The van der Waals surface area contributed by atoms with E-state index in [0.717, 1.165) is 63.0 Å². The molecule has 2 N–H and O–H groups in total. The van der Waals surface area contributed by atoms with Gasteiger partial charge < -0.3 is 15.4 Å². The summed E-state index contributed by atoms with van der Waals surface area (Å²) in [5.74, 6) is 3.44. The molecule has 20 heavy (non-hydrogen) atoms. The lowest BCUT2D eigenvalue weighted by atomic mass is 10.1. The third-order valence-corrected chi connectivity index (χ3v) is 3.53. The topological polar surface area (TPSA) is 59.1 Å². The number of aryl methyl sites for hydroxylation is 1. The van der Waals surface area contributed by atoms with Gasteiger partial charge in [-0.2, -0.15) is 0 Å². The van der Waals surface area contributed by atoms with E-state index in [4.69, 9.17) is 4.74 Å². The van der Waals surface area contributed by atoms with Crippen LogP contribution in [0.25, 0.3) is 0 Å². The molecule has 1 fully saturated rings. The molecule has 1 aliphatic heterocycles. The second-order valence-electron chi connectivity index (χ2n) is 5.28. The molecule has 0 radical (unpaired) electrons. The van der Waals surface area contributed by atoms with Crippen molar-refractivity contribution in [3.63, 3.8) is 0 Å². The molecule has 2 heterocycles. The highest BCUT2D eigenvalue weighted by Crippen LogP contribution is 2.17. The fourth-order valence-electron chi connectivity index (χ4n) is 2.30. The Morgan fingerprint density at radius 2 is 1.95 bits per heavy atom. The van der Waals surface area contributed by atoms with Crippen LogP contribution in [0.1, 0.15) is 38.9 Å². The van der Waals surface area contributed by atoms with E-state index in [0.29, 0.717) is 5.92 Å². The van der Waals surface area contributed by atoms with Crippen LogP contribution < -0.4 is 10.6 Å². The first-order chi connectivity index (χ1) is 9.81. The van der Waals surface area contributed by atoms with Gasteiger partial charge in [-0.25, -0.2) is 9.97 Å². The van der Waals surface area contributed by atoms with Gasteiger partial charge in [0.1, 0.15) is 17.5 Å². The molecule has 1 saturated heterocycles. The van der Waals surface area contributed by atoms with Crippen LogP contribution in [0.4, 0.5) is 11.6 Å². The summed E-state index contributed by atoms with van der Waals surface area (Å²) in [6.07, 6.45) is 4.28. The largest absolute Gasteiger partial charge is 0.381 e. The SMILES string of the molecule is CCCNc1cc(NCCC2CCOC2)nc(CC)n1. The van der Waals surface area contributed by atoms with Gasteiger partial charge >= 0.3 is 0 Å². The van der Waals surface area contributed by atoms with E-state index in [9.17, 15) is 0 Å². The van der Waals surface area contributed by atoms with E-state index in [1.807, 2.05) is 6.07 Å². The predicted octanol–water partition coefficient (Wildman–Crippen LogP) is 2.70. The maximum atomic E-state index is 5.40. The minimum absolute atomic E-state index is 0.702. The Labute approximate surface area is 121 Å². The molecule has 0 amide bonds. The lowest BCUT2D eigenvalue weighted by Gasteiger charge is -2.12. The van der Waals surface area contributed by atoms with Gasteiger partial charge in [0.25, 0.3) is 0 Å². The number of anilines is 2. The molecule has 0 aliphatic carbocycles. The summed E-state index contributed by atoms with van der Waals surface area (Å²) in [4.78, 5) is 9.02. The zero-order valence-corrected chi connectivity index (χ0v) is 12.6. The summed E-state index contributed by atoms with van der Waals surface area (Å²) in [5, 5.41) is 6.75. The van der Waals surface area contributed by atoms with Crippen LogP contribution in [0.5, 0.6) is 0 Å². The zero-order valence-electron chi connectivity index (χ0n) is 12.6. The maximum Gasteiger partial charge on any atom is 0.132 e. The summed E-state index contributed by atoms with van der Waals surface area (Å²) in [6.45, 7) is 7.95. The second-order valence-corrected chi connectivity index (χ2v) is 5.28. The number of aromatic nitrogens is 2. The van der Waals surface area contributed by atoms with Gasteiger partial charge in [-0.1, -0.05) is 13.8 Å². The molecule has 5 nitrogen and oxygen atoms in total. The standard InChI is InChI=1S/C15H26N4O/c1-3-7-16-14-10-15(19-13(4-2)18-14)17-8-5-12-6-9-20-11-12/h10,12H,3-9,11H2,1-2H3,(H2,16,17,18,19). The number of hydrogen-bond donors (Lipinski definition) is 2. The first-order valence-electron chi connectivity index (χ1n) is 7.75. The van der Waals surface area contributed by atoms with Crippen molar-refractivity contribution in [2.75, 3.05) is 36.9 Å². The predicted molar refractivity (Wildman–Crippen MR) is 82.2 cm³/mol. The van der Waals surface area contributed by atoms with Crippen molar-refractivity contribution < 1.29 is 4.74 Å². The Bertz CT molecular complexity index is 405. The first kappa shape index (κ1) is 15.0. The highest BCUT2D eigenvalue weighted by molar-refractivity contribution is 5.47. The maximum absolute atomic E-state index is 5.40. The van der Waals surface area contributed by atoms with Gasteiger partial charge in [-0.15, -0.1) is 0 Å². The molecule has 5 heteroatoms. The summed E-state index contributed by atoms with van der Waals surface area (Å²) >= 11 is 0. The van der Waals surface area contributed by atoms with Crippen molar-refractivity contribution in [3.05, 3.63) is 11.9 Å². The monoisotopic (exact) mass is 278 g/mol. The van der Waals surface area contributed by atoms with Crippen LogP contribution >= 0.6 is 0 Å². The Morgan fingerprint density at radius 1 is 1.20 bits per heavy atom. The van der Waals surface area contributed by atoms with E-state index in [2.05, 4.69) is 34.4 Å². The third kappa shape index (κ3) is 4.63. The van der Waals surface area contributed by atoms with E-state index >= 15 is 0 Å². The van der Waals surface area contributed by atoms with Gasteiger partial charge in [0.05, 0.1) is 0 Å². The Kier molecular flexibility index (Phi) is 6.05. The van der Waals surface area contributed by atoms with Crippen LogP contribution in [0.15, 0.2) is 6.07 Å². The minimum atomic E-state index is 0.702. The van der Waals surface area contributed by atoms with Crippen molar-refractivity contribution >= 4 is 11.6 Å². The van der Waals surface area contributed by atoms with Crippen LogP contribution in [-0.2, 0) is 11.2 Å². The molecule has 1 aromatic rings. The molecule has 0 bridgehead atoms.